The number of aliphatic imine (C=N–C) groups is 1. The Morgan fingerprint density at radius 3 is 1.79 bits per heavy atom. The standard InChI is InChI=1S/C23H23N5/c1-16(11-24)23(28-14-20-9-5-6-10-21(20)15-28)26-22(25)17(2)27-12-18-7-3-4-8-19(18)13-27/h3-10H,1,12-15,25H2,2H3/b22-17+,26-23+. The summed E-state index contributed by atoms with van der Waals surface area (Å²) in [4.78, 5) is 8.94. The van der Waals surface area contributed by atoms with Crippen molar-refractivity contribution in [1.29, 1.82) is 5.26 Å². The van der Waals surface area contributed by atoms with Crippen LogP contribution in [0.2, 0.25) is 0 Å². The van der Waals surface area contributed by atoms with Crippen LogP contribution in [-0.2, 0) is 26.2 Å². The van der Waals surface area contributed by atoms with Gasteiger partial charge < -0.3 is 15.5 Å². The van der Waals surface area contributed by atoms with Crippen molar-refractivity contribution in [2.45, 2.75) is 33.1 Å². The predicted molar refractivity (Wildman–Crippen MR) is 110 cm³/mol. The number of benzene rings is 2. The van der Waals surface area contributed by atoms with Crippen LogP contribution in [0.15, 0.2) is 77.2 Å². The summed E-state index contributed by atoms with van der Waals surface area (Å²) in [6.45, 7) is 8.93. The fourth-order valence-corrected chi connectivity index (χ4v) is 3.79. The van der Waals surface area contributed by atoms with Crippen LogP contribution in [0.3, 0.4) is 0 Å². The van der Waals surface area contributed by atoms with Gasteiger partial charge in [0.25, 0.3) is 0 Å². The van der Waals surface area contributed by atoms with E-state index in [1.165, 1.54) is 22.3 Å². The molecule has 0 unspecified atom stereocenters. The summed E-state index contributed by atoms with van der Waals surface area (Å²) in [5, 5.41) is 9.44. The SMILES string of the molecule is C=C(C#N)/C(=N\C(N)=C(/C)N1Cc2ccccc2C1)N1Cc2ccccc2C1. The molecule has 28 heavy (non-hydrogen) atoms. The Balaban J connectivity index is 1.61. The number of hydrogen-bond acceptors (Lipinski definition) is 4. The van der Waals surface area contributed by atoms with E-state index in [9.17, 15) is 5.26 Å². The summed E-state index contributed by atoms with van der Waals surface area (Å²) in [5.74, 6) is 0.974. The summed E-state index contributed by atoms with van der Waals surface area (Å²) >= 11 is 0. The van der Waals surface area contributed by atoms with Crippen molar-refractivity contribution < 1.29 is 0 Å². The summed E-state index contributed by atoms with van der Waals surface area (Å²) in [6.07, 6.45) is 0. The molecule has 0 saturated heterocycles. The molecule has 2 N–H and O–H groups in total. The fraction of sp³-hybridized carbons (Fsp3) is 0.217. The lowest BCUT2D eigenvalue weighted by Gasteiger charge is -2.22. The van der Waals surface area contributed by atoms with Gasteiger partial charge in [0.15, 0.2) is 0 Å². The average Bonchev–Trinajstić information content (AvgIpc) is 3.34. The van der Waals surface area contributed by atoms with E-state index in [-0.39, 0.29) is 0 Å². The Hall–Kier alpha value is -3.52. The number of fused-ring (bicyclic) bond motifs is 2. The van der Waals surface area contributed by atoms with Crippen molar-refractivity contribution in [2.24, 2.45) is 10.7 Å². The van der Waals surface area contributed by atoms with Crippen LogP contribution in [0, 0.1) is 11.3 Å². The minimum atomic E-state index is 0.327. The van der Waals surface area contributed by atoms with Crippen LogP contribution in [0.5, 0.6) is 0 Å². The molecule has 0 atom stereocenters. The van der Waals surface area contributed by atoms with Gasteiger partial charge in [-0.15, -0.1) is 0 Å². The zero-order valence-electron chi connectivity index (χ0n) is 16.0. The minimum Gasteiger partial charge on any atom is -0.382 e. The van der Waals surface area contributed by atoms with E-state index < -0.39 is 0 Å². The van der Waals surface area contributed by atoms with Gasteiger partial charge in [0.2, 0.25) is 0 Å². The largest absolute Gasteiger partial charge is 0.382 e. The monoisotopic (exact) mass is 369 g/mol. The first-order chi connectivity index (χ1) is 13.6. The minimum absolute atomic E-state index is 0.327. The summed E-state index contributed by atoms with van der Waals surface area (Å²) < 4.78 is 0. The lowest BCUT2D eigenvalue weighted by molar-refractivity contribution is 0.358. The van der Waals surface area contributed by atoms with Crippen LogP contribution in [0.4, 0.5) is 0 Å². The molecule has 2 aromatic carbocycles. The first-order valence-corrected chi connectivity index (χ1v) is 9.34. The molecule has 2 heterocycles. The molecule has 0 aliphatic carbocycles. The highest BCUT2D eigenvalue weighted by molar-refractivity contribution is 6.02. The molecule has 0 fully saturated rings. The van der Waals surface area contributed by atoms with Crippen molar-refractivity contribution >= 4 is 5.84 Å². The highest BCUT2D eigenvalue weighted by Crippen LogP contribution is 2.28. The van der Waals surface area contributed by atoms with E-state index >= 15 is 0 Å². The first-order valence-electron chi connectivity index (χ1n) is 9.34. The van der Waals surface area contributed by atoms with E-state index in [0.29, 0.717) is 30.3 Å². The maximum absolute atomic E-state index is 9.44. The normalized spacial score (nSPS) is 16.4. The van der Waals surface area contributed by atoms with E-state index in [0.717, 1.165) is 18.8 Å². The maximum Gasteiger partial charge on any atom is 0.149 e. The molecule has 0 spiro atoms. The number of nitrogens with two attached hydrogens (primary N) is 1. The molecular formula is C23H23N5. The molecule has 4 rings (SSSR count). The van der Waals surface area contributed by atoms with Crippen LogP contribution in [-0.4, -0.2) is 15.6 Å². The van der Waals surface area contributed by atoms with Crippen molar-refractivity contribution in [2.75, 3.05) is 0 Å². The molecular weight excluding hydrogens is 346 g/mol. The van der Waals surface area contributed by atoms with Crippen LogP contribution in [0.1, 0.15) is 29.2 Å². The molecule has 2 aliphatic rings. The second-order valence-corrected chi connectivity index (χ2v) is 7.25. The Morgan fingerprint density at radius 1 is 0.929 bits per heavy atom. The van der Waals surface area contributed by atoms with Crippen LogP contribution in [0.25, 0.3) is 0 Å². The average molecular weight is 369 g/mol. The zero-order chi connectivity index (χ0) is 19.7. The van der Waals surface area contributed by atoms with Crippen molar-refractivity contribution in [1.82, 2.24) is 9.80 Å². The fourth-order valence-electron chi connectivity index (χ4n) is 3.79. The Labute approximate surface area is 165 Å². The molecule has 2 aliphatic heterocycles. The quantitative estimate of drug-likeness (QED) is 0.509. The Morgan fingerprint density at radius 2 is 1.36 bits per heavy atom. The van der Waals surface area contributed by atoms with Crippen molar-refractivity contribution in [3.05, 3.63) is 94.5 Å². The number of amidine groups is 1. The molecule has 140 valence electrons. The zero-order valence-corrected chi connectivity index (χ0v) is 16.0. The van der Waals surface area contributed by atoms with Gasteiger partial charge in [-0.1, -0.05) is 55.1 Å². The van der Waals surface area contributed by atoms with E-state index in [2.05, 4.69) is 63.8 Å². The number of allylic oxidation sites excluding steroid dienone is 1. The van der Waals surface area contributed by atoms with Gasteiger partial charge in [-0.05, 0) is 29.2 Å². The van der Waals surface area contributed by atoms with E-state index in [1.54, 1.807) is 0 Å². The summed E-state index contributed by atoms with van der Waals surface area (Å²) in [6, 6.07) is 18.8. The predicted octanol–water partition coefficient (Wildman–Crippen LogP) is 3.64. The Bertz CT molecular complexity index is 991. The maximum atomic E-state index is 9.44. The molecule has 0 bridgehead atoms. The van der Waals surface area contributed by atoms with Crippen molar-refractivity contribution in [3.8, 4) is 6.07 Å². The first kappa shape index (κ1) is 17.9. The van der Waals surface area contributed by atoms with Gasteiger partial charge in [0.1, 0.15) is 17.7 Å². The topological polar surface area (TPSA) is 68.6 Å². The molecule has 0 aromatic heterocycles. The highest BCUT2D eigenvalue weighted by Gasteiger charge is 2.24. The lowest BCUT2D eigenvalue weighted by Crippen LogP contribution is -2.28. The van der Waals surface area contributed by atoms with Gasteiger partial charge in [-0.2, -0.15) is 5.26 Å². The second-order valence-electron chi connectivity index (χ2n) is 7.25. The van der Waals surface area contributed by atoms with Gasteiger partial charge in [0, 0.05) is 26.2 Å². The number of nitrogens with zero attached hydrogens (tertiary/aromatic N) is 4. The third kappa shape index (κ3) is 3.25. The van der Waals surface area contributed by atoms with Crippen LogP contribution >= 0.6 is 0 Å². The van der Waals surface area contributed by atoms with Gasteiger partial charge in [-0.25, -0.2) is 4.99 Å². The molecule has 5 heteroatoms. The van der Waals surface area contributed by atoms with Gasteiger partial charge in [0.05, 0.1) is 11.3 Å². The van der Waals surface area contributed by atoms with Crippen molar-refractivity contribution in [3.63, 3.8) is 0 Å². The smallest absolute Gasteiger partial charge is 0.149 e. The lowest BCUT2D eigenvalue weighted by atomic mass is 10.1. The molecule has 0 saturated carbocycles. The molecule has 0 amide bonds. The van der Waals surface area contributed by atoms with Gasteiger partial charge >= 0.3 is 0 Å². The third-order valence-electron chi connectivity index (χ3n) is 5.46. The molecule has 2 aromatic rings. The van der Waals surface area contributed by atoms with Gasteiger partial charge in [-0.3, -0.25) is 0 Å². The highest BCUT2D eigenvalue weighted by atomic mass is 15.2. The van der Waals surface area contributed by atoms with E-state index in [4.69, 9.17) is 5.73 Å². The van der Waals surface area contributed by atoms with Crippen LogP contribution < -0.4 is 5.73 Å². The Kier molecular flexibility index (Phi) is 4.62. The molecule has 0 radical (unpaired) electrons. The summed E-state index contributed by atoms with van der Waals surface area (Å²) in [7, 11) is 0. The number of nitriles is 1. The van der Waals surface area contributed by atoms with E-state index in [1.807, 2.05) is 19.1 Å². The second kappa shape index (κ2) is 7.24. The summed E-state index contributed by atoms with van der Waals surface area (Å²) in [5.41, 5.74) is 12.7. The molecule has 5 nitrogen and oxygen atoms in total. The number of rotatable bonds is 3. The number of hydrogen-bond donors (Lipinski definition) is 1. The third-order valence-corrected chi connectivity index (χ3v) is 5.46.